The van der Waals surface area contributed by atoms with Crippen LogP contribution in [-0.2, 0) is 0 Å². The van der Waals surface area contributed by atoms with Crippen LogP contribution >= 0.6 is 0 Å². The molecule has 1 rings (SSSR count). The molecular weight excluding hydrogens is 176 g/mol. The van der Waals surface area contributed by atoms with Crippen molar-refractivity contribution in [2.75, 3.05) is 6.61 Å². The van der Waals surface area contributed by atoms with Crippen LogP contribution in [0.2, 0.25) is 0 Å². The molecule has 0 N–H and O–H groups in total. The minimum absolute atomic E-state index is 0.0731. The van der Waals surface area contributed by atoms with Gasteiger partial charge < -0.3 is 4.74 Å². The number of hydrogen-bond acceptors (Lipinski definition) is 2. The Bertz CT molecular complexity index is 357. The van der Waals surface area contributed by atoms with E-state index in [1.54, 1.807) is 13.0 Å². The van der Waals surface area contributed by atoms with Gasteiger partial charge in [0.2, 0.25) is 0 Å². The van der Waals surface area contributed by atoms with Crippen LogP contribution < -0.4 is 4.74 Å². The average molecular weight is 183 g/mol. The number of nitriles is 1. The Morgan fingerprint density at radius 3 is 2.69 bits per heavy atom. The summed E-state index contributed by atoms with van der Waals surface area (Å²) in [6.07, 6.45) is 0. The largest absolute Gasteiger partial charge is 0.492 e. The zero-order valence-corrected chi connectivity index (χ0v) is 6.97. The van der Waals surface area contributed by atoms with Crippen molar-refractivity contribution < 1.29 is 13.5 Å². The second-order valence-electron chi connectivity index (χ2n) is 2.28. The molecule has 0 spiro atoms. The third-order valence-corrected chi connectivity index (χ3v) is 1.47. The van der Waals surface area contributed by atoms with Gasteiger partial charge in [-0.3, -0.25) is 0 Å². The van der Waals surface area contributed by atoms with Gasteiger partial charge in [-0.25, -0.2) is 8.78 Å². The zero-order valence-electron chi connectivity index (χ0n) is 6.97. The SMILES string of the molecule is CCOc1ccc(F)c(F)c1C#N. The third-order valence-electron chi connectivity index (χ3n) is 1.47. The van der Waals surface area contributed by atoms with Crippen LogP contribution in [0.25, 0.3) is 0 Å². The number of rotatable bonds is 2. The second-order valence-corrected chi connectivity index (χ2v) is 2.28. The molecule has 0 atom stereocenters. The first-order valence-corrected chi connectivity index (χ1v) is 3.71. The maximum absolute atomic E-state index is 12.9. The van der Waals surface area contributed by atoms with Gasteiger partial charge in [0.1, 0.15) is 17.4 Å². The molecule has 4 heteroatoms. The number of hydrogen-bond donors (Lipinski definition) is 0. The Kier molecular flexibility index (Phi) is 2.80. The summed E-state index contributed by atoms with van der Waals surface area (Å²) in [7, 11) is 0. The van der Waals surface area contributed by atoms with Crippen molar-refractivity contribution >= 4 is 0 Å². The van der Waals surface area contributed by atoms with Crippen molar-refractivity contribution in [1.82, 2.24) is 0 Å². The Labute approximate surface area is 74.4 Å². The number of benzene rings is 1. The number of nitrogens with zero attached hydrogens (tertiary/aromatic N) is 1. The molecule has 0 radical (unpaired) electrons. The highest BCUT2D eigenvalue weighted by Gasteiger charge is 2.13. The molecule has 1 aromatic rings. The molecule has 0 amide bonds. The summed E-state index contributed by atoms with van der Waals surface area (Å²) in [5, 5.41) is 8.51. The van der Waals surface area contributed by atoms with Gasteiger partial charge in [-0.05, 0) is 19.1 Å². The fourth-order valence-electron chi connectivity index (χ4n) is 0.913. The average Bonchev–Trinajstić information content (AvgIpc) is 2.12. The summed E-state index contributed by atoms with van der Waals surface area (Å²) in [5.41, 5.74) is -0.387. The molecule has 0 saturated carbocycles. The lowest BCUT2D eigenvalue weighted by atomic mass is 10.2. The quantitative estimate of drug-likeness (QED) is 0.704. The van der Waals surface area contributed by atoms with E-state index in [2.05, 4.69) is 0 Å². The van der Waals surface area contributed by atoms with E-state index in [-0.39, 0.29) is 11.3 Å². The van der Waals surface area contributed by atoms with Gasteiger partial charge in [0.15, 0.2) is 11.6 Å². The van der Waals surface area contributed by atoms with Crippen LogP contribution in [0.3, 0.4) is 0 Å². The van der Waals surface area contributed by atoms with Crippen LogP contribution in [0.5, 0.6) is 5.75 Å². The van der Waals surface area contributed by atoms with Gasteiger partial charge in [0.25, 0.3) is 0 Å². The van der Waals surface area contributed by atoms with E-state index in [1.165, 1.54) is 6.07 Å². The molecule has 2 nitrogen and oxygen atoms in total. The van der Waals surface area contributed by atoms with E-state index >= 15 is 0 Å². The molecule has 0 heterocycles. The van der Waals surface area contributed by atoms with Gasteiger partial charge in [-0.15, -0.1) is 0 Å². The van der Waals surface area contributed by atoms with E-state index in [0.29, 0.717) is 6.61 Å². The van der Waals surface area contributed by atoms with Gasteiger partial charge in [0, 0.05) is 0 Å². The first-order chi connectivity index (χ1) is 6.20. The van der Waals surface area contributed by atoms with Crippen LogP contribution in [0, 0.1) is 23.0 Å². The lowest BCUT2D eigenvalue weighted by Crippen LogP contribution is -1.98. The molecule has 0 bridgehead atoms. The number of halogens is 2. The number of ether oxygens (including phenoxy) is 1. The zero-order chi connectivity index (χ0) is 9.84. The molecule has 0 unspecified atom stereocenters. The lowest BCUT2D eigenvalue weighted by molar-refractivity contribution is 0.335. The monoisotopic (exact) mass is 183 g/mol. The molecule has 13 heavy (non-hydrogen) atoms. The van der Waals surface area contributed by atoms with Gasteiger partial charge >= 0.3 is 0 Å². The first kappa shape index (κ1) is 9.46. The van der Waals surface area contributed by atoms with E-state index in [0.717, 1.165) is 6.07 Å². The predicted molar refractivity (Wildman–Crippen MR) is 42.2 cm³/mol. The van der Waals surface area contributed by atoms with E-state index in [1.807, 2.05) is 0 Å². The molecule has 0 aromatic heterocycles. The van der Waals surface area contributed by atoms with Crippen molar-refractivity contribution in [3.63, 3.8) is 0 Å². The van der Waals surface area contributed by atoms with Crippen molar-refractivity contribution in [2.24, 2.45) is 0 Å². The molecule has 1 aromatic carbocycles. The minimum atomic E-state index is -1.16. The molecule has 68 valence electrons. The maximum Gasteiger partial charge on any atom is 0.180 e. The van der Waals surface area contributed by atoms with Gasteiger partial charge in [0.05, 0.1) is 6.61 Å². The summed E-state index contributed by atoms with van der Waals surface area (Å²) < 4.78 is 30.4. The highest BCUT2D eigenvalue weighted by Crippen LogP contribution is 2.22. The minimum Gasteiger partial charge on any atom is -0.492 e. The topological polar surface area (TPSA) is 33.0 Å². The maximum atomic E-state index is 12.9. The van der Waals surface area contributed by atoms with Crippen LogP contribution in [0.1, 0.15) is 12.5 Å². The highest BCUT2D eigenvalue weighted by atomic mass is 19.2. The van der Waals surface area contributed by atoms with E-state index < -0.39 is 11.6 Å². The fraction of sp³-hybridized carbons (Fsp3) is 0.222. The van der Waals surface area contributed by atoms with Crippen molar-refractivity contribution in [1.29, 1.82) is 5.26 Å². The molecule has 0 aliphatic rings. The Morgan fingerprint density at radius 1 is 1.46 bits per heavy atom. The molecule has 0 fully saturated rings. The normalized spacial score (nSPS) is 9.38. The van der Waals surface area contributed by atoms with Gasteiger partial charge in [-0.2, -0.15) is 5.26 Å². The summed E-state index contributed by atoms with van der Waals surface area (Å²) in [6, 6.07) is 3.72. The summed E-state index contributed by atoms with van der Waals surface area (Å²) in [6.45, 7) is 2.00. The van der Waals surface area contributed by atoms with Crippen molar-refractivity contribution in [2.45, 2.75) is 6.92 Å². The highest BCUT2D eigenvalue weighted by molar-refractivity contribution is 5.44. The fourth-order valence-corrected chi connectivity index (χ4v) is 0.913. The third kappa shape index (κ3) is 1.75. The predicted octanol–water partition coefficient (Wildman–Crippen LogP) is 2.24. The van der Waals surface area contributed by atoms with E-state index in [9.17, 15) is 8.78 Å². The summed E-state index contributed by atoms with van der Waals surface area (Å²) >= 11 is 0. The second kappa shape index (κ2) is 3.85. The standard InChI is InChI=1S/C9H7F2NO/c1-2-13-8-4-3-7(10)9(11)6(8)5-12/h3-4H,2H2,1H3. The molecule has 0 aliphatic carbocycles. The van der Waals surface area contributed by atoms with Crippen LogP contribution in [0.4, 0.5) is 8.78 Å². The molecule has 0 saturated heterocycles. The Morgan fingerprint density at radius 2 is 2.15 bits per heavy atom. The van der Waals surface area contributed by atoms with E-state index in [4.69, 9.17) is 10.00 Å². The first-order valence-electron chi connectivity index (χ1n) is 3.71. The van der Waals surface area contributed by atoms with Gasteiger partial charge in [-0.1, -0.05) is 0 Å². The summed E-state index contributed by atoms with van der Waals surface area (Å²) in [5.74, 6) is -2.13. The lowest BCUT2D eigenvalue weighted by Gasteiger charge is -2.05. The Hall–Kier alpha value is -1.63. The Balaban J connectivity index is 3.23. The summed E-state index contributed by atoms with van der Waals surface area (Å²) in [4.78, 5) is 0. The van der Waals surface area contributed by atoms with Crippen molar-refractivity contribution in [3.8, 4) is 11.8 Å². The molecule has 0 aliphatic heterocycles. The smallest absolute Gasteiger partial charge is 0.180 e. The van der Waals surface area contributed by atoms with Crippen molar-refractivity contribution in [3.05, 3.63) is 29.3 Å². The molecular formula is C9H7F2NO. The van der Waals surface area contributed by atoms with Crippen LogP contribution in [0.15, 0.2) is 12.1 Å². The van der Waals surface area contributed by atoms with Crippen LogP contribution in [-0.4, -0.2) is 6.61 Å².